The molecule has 1 aromatic heterocycles. The summed E-state index contributed by atoms with van der Waals surface area (Å²) in [6.07, 6.45) is 3.51. The van der Waals surface area contributed by atoms with E-state index < -0.39 is 0 Å². The maximum absolute atomic E-state index is 13.3. The lowest BCUT2D eigenvalue weighted by Crippen LogP contribution is -2.32. The molecule has 1 amide bonds. The van der Waals surface area contributed by atoms with Gasteiger partial charge in [-0.3, -0.25) is 9.78 Å². The minimum atomic E-state index is 0.0634. The number of hydrogen-bond donors (Lipinski definition) is 0. The second-order valence-corrected chi connectivity index (χ2v) is 8.80. The van der Waals surface area contributed by atoms with Crippen LogP contribution in [0.2, 0.25) is 0 Å². The second-order valence-electron chi connectivity index (χ2n) is 8.80. The summed E-state index contributed by atoms with van der Waals surface area (Å²) in [6.45, 7) is 9.98. The van der Waals surface area contributed by atoms with Gasteiger partial charge in [0.1, 0.15) is 0 Å². The molecular formula is C27H32N2O. The number of pyridine rings is 1. The fourth-order valence-corrected chi connectivity index (χ4v) is 3.44. The standard InChI is InChI=1S/C27H32N2O/c1-5-21-9-13-23(14-10-21)26(30)29(19-17-25-8-6-7-18-28-25)20-22-11-15-24(16-12-22)27(2,3)4/h6-16,18H,5,17,19-20H2,1-4H3. The highest BCUT2D eigenvalue weighted by Gasteiger charge is 2.18. The summed E-state index contributed by atoms with van der Waals surface area (Å²) < 4.78 is 0. The van der Waals surface area contributed by atoms with Crippen LogP contribution in [0.4, 0.5) is 0 Å². The molecule has 1 heterocycles. The third kappa shape index (κ3) is 5.79. The van der Waals surface area contributed by atoms with Crippen molar-refractivity contribution < 1.29 is 4.79 Å². The van der Waals surface area contributed by atoms with Crippen molar-refractivity contribution in [1.82, 2.24) is 9.88 Å². The molecule has 0 saturated carbocycles. The van der Waals surface area contributed by atoms with E-state index in [2.05, 4.69) is 56.9 Å². The Morgan fingerprint density at radius 2 is 1.57 bits per heavy atom. The molecule has 3 nitrogen and oxygen atoms in total. The van der Waals surface area contributed by atoms with Crippen LogP contribution in [0.25, 0.3) is 0 Å². The molecule has 3 rings (SSSR count). The van der Waals surface area contributed by atoms with E-state index in [1.54, 1.807) is 6.20 Å². The zero-order chi connectivity index (χ0) is 21.6. The summed E-state index contributed by atoms with van der Waals surface area (Å²) in [6, 6.07) is 22.5. The number of benzene rings is 2. The van der Waals surface area contributed by atoms with Crippen molar-refractivity contribution in [1.29, 1.82) is 0 Å². The van der Waals surface area contributed by atoms with Gasteiger partial charge < -0.3 is 4.90 Å². The first kappa shape index (κ1) is 21.8. The molecule has 0 fully saturated rings. The van der Waals surface area contributed by atoms with Crippen LogP contribution >= 0.6 is 0 Å². The molecule has 0 saturated heterocycles. The number of rotatable bonds is 7. The molecule has 0 atom stereocenters. The minimum absolute atomic E-state index is 0.0634. The van der Waals surface area contributed by atoms with Crippen molar-refractivity contribution in [3.05, 3.63) is 101 Å². The molecule has 2 aromatic carbocycles. The highest BCUT2D eigenvalue weighted by atomic mass is 16.2. The van der Waals surface area contributed by atoms with Crippen molar-refractivity contribution in [2.75, 3.05) is 6.54 Å². The molecule has 0 spiro atoms. The molecule has 0 aliphatic carbocycles. The first-order chi connectivity index (χ1) is 14.4. The Balaban J connectivity index is 1.79. The third-order valence-corrected chi connectivity index (χ3v) is 5.45. The van der Waals surface area contributed by atoms with Crippen molar-refractivity contribution in [3.8, 4) is 0 Å². The van der Waals surface area contributed by atoms with E-state index in [-0.39, 0.29) is 11.3 Å². The second kappa shape index (κ2) is 9.71. The molecule has 0 unspecified atom stereocenters. The Labute approximate surface area is 180 Å². The zero-order valence-electron chi connectivity index (χ0n) is 18.6. The van der Waals surface area contributed by atoms with Crippen LogP contribution in [-0.4, -0.2) is 22.3 Å². The van der Waals surface area contributed by atoms with Crippen molar-refractivity contribution in [2.24, 2.45) is 0 Å². The third-order valence-electron chi connectivity index (χ3n) is 5.45. The maximum atomic E-state index is 13.3. The van der Waals surface area contributed by atoms with Gasteiger partial charge in [-0.15, -0.1) is 0 Å². The number of aromatic nitrogens is 1. The smallest absolute Gasteiger partial charge is 0.254 e. The fourth-order valence-electron chi connectivity index (χ4n) is 3.44. The van der Waals surface area contributed by atoms with Gasteiger partial charge in [0.05, 0.1) is 0 Å². The van der Waals surface area contributed by atoms with E-state index in [9.17, 15) is 4.79 Å². The molecule has 0 N–H and O–H groups in total. The van der Waals surface area contributed by atoms with Gasteiger partial charge in [0.2, 0.25) is 0 Å². The van der Waals surface area contributed by atoms with E-state index in [1.165, 1.54) is 11.1 Å². The van der Waals surface area contributed by atoms with E-state index in [4.69, 9.17) is 0 Å². The average molecular weight is 401 g/mol. The Bertz CT molecular complexity index is 939. The number of hydrogen-bond acceptors (Lipinski definition) is 2. The number of amides is 1. The average Bonchev–Trinajstić information content (AvgIpc) is 2.76. The maximum Gasteiger partial charge on any atom is 0.254 e. The van der Waals surface area contributed by atoms with Gasteiger partial charge in [-0.2, -0.15) is 0 Å². The number of carbonyl (C=O) groups is 1. The Kier molecular flexibility index (Phi) is 7.04. The van der Waals surface area contributed by atoms with E-state index >= 15 is 0 Å². The summed E-state index contributed by atoms with van der Waals surface area (Å²) in [4.78, 5) is 19.6. The topological polar surface area (TPSA) is 33.2 Å². The summed E-state index contributed by atoms with van der Waals surface area (Å²) in [5.41, 5.74) is 5.53. The highest BCUT2D eigenvalue weighted by molar-refractivity contribution is 5.94. The van der Waals surface area contributed by atoms with E-state index in [0.29, 0.717) is 13.1 Å². The molecule has 3 aromatic rings. The zero-order valence-corrected chi connectivity index (χ0v) is 18.6. The minimum Gasteiger partial charge on any atom is -0.334 e. The number of carbonyl (C=O) groups excluding carboxylic acids is 1. The summed E-state index contributed by atoms with van der Waals surface area (Å²) in [7, 11) is 0. The van der Waals surface area contributed by atoms with Crippen LogP contribution in [0.5, 0.6) is 0 Å². The quantitative estimate of drug-likeness (QED) is 0.500. The molecule has 0 bridgehead atoms. The normalized spacial score (nSPS) is 11.3. The number of aryl methyl sites for hydroxylation is 1. The summed E-state index contributed by atoms with van der Waals surface area (Å²) in [5, 5.41) is 0. The van der Waals surface area contributed by atoms with Gasteiger partial charge in [0.15, 0.2) is 0 Å². The lowest BCUT2D eigenvalue weighted by molar-refractivity contribution is 0.0744. The van der Waals surface area contributed by atoms with E-state index in [1.807, 2.05) is 47.4 Å². The van der Waals surface area contributed by atoms with Gasteiger partial charge in [0.25, 0.3) is 5.91 Å². The monoisotopic (exact) mass is 400 g/mol. The van der Waals surface area contributed by atoms with Crippen LogP contribution in [0.3, 0.4) is 0 Å². The predicted molar refractivity (Wildman–Crippen MR) is 124 cm³/mol. The van der Waals surface area contributed by atoms with Crippen molar-refractivity contribution >= 4 is 5.91 Å². The SMILES string of the molecule is CCc1ccc(C(=O)N(CCc2ccccn2)Cc2ccc(C(C)(C)C)cc2)cc1. The van der Waals surface area contributed by atoms with Gasteiger partial charge in [-0.05, 0) is 52.8 Å². The van der Waals surface area contributed by atoms with Gasteiger partial charge in [-0.1, -0.05) is 70.2 Å². The van der Waals surface area contributed by atoms with Crippen LogP contribution in [-0.2, 0) is 24.8 Å². The Hall–Kier alpha value is -2.94. The van der Waals surface area contributed by atoms with Crippen LogP contribution in [0.15, 0.2) is 72.9 Å². The molecule has 30 heavy (non-hydrogen) atoms. The Morgan fingerprint density at radius 1 is 0.900 bits per heavy atom. The predicted octanol–water partition coefficient (Wildman–Crippen LogP) is 5.83. The molecule has 0 radical (unpaired) electrons. The van der Waals surface area contributed by atoms with Crippen molar-refractivity contribution in [3.63, 3.8) is 0 Å². The largest absolute Gasteiger partial charge is 0.334 e. The molecular weight excluding hydrogens is 368 g/mol. The van der Waals surface area contributed by atoms with Crippen LogP contribution < -0.4 is 0 Å². The first-order valence-electron chi connectivity index (χ1n) is 10.7. The fraction of sp³-hybridized carbons (Fsp3) is 0.333. The van der Waals surface area contributed by atoms with E-state index in [0.717, 1.165) is 29.7 Å². The highest BCUT2D eigenvalue weighted by Crippen LogP contribution is 2.23. The first-order valence-corrected chi connectivity index (χ1v) is 10.7. The van der Waals surface area contributed by atoms with Gasteiger partial charge in [0, 0.05) is 37.0 Å². The van der Waals surface area contributed by atoms with Gasteiger partial charge >= 0.3 is 0 Å². The Morgan fingerprint density at radius 3 is 2.13 bits per heavy atom. The molecule has 0 aliphatic heterocycles. The molecule has 0 aliphatic rings. The lowest BCUT2D eigenvalue weighted by atomic mass is 9.87. The van der Waals surface area contributed by atoms with Crippen molar-refractivity contribution in [2.45, 2.75) is 52.5 Å². The molecule has 156 valence electrons. The lowest BCUT2D eigenvalue weighted by Gasteiger charge is -2.24. The molecule has 3 heteroatoms. The van der Waals surface area contributed by atoms with Crippen LogP contribution in [0.1, 0.15) is 60.4 Å². The van der Waals surface area contributed by atoms with Gasteiger partial charge in [-0.25, -0.2) is 0 Å². The summed E-state index contributed by atoms with van der Waals surface area (Å²) >= 11 is 0. The summed E-state index contributed by atoms with van der Waals surface area (Å²) in [5.74, 6) is 0.0634. The number of nitrogens with zero attached hydrogens (tertiary/aromatic N) is 2. The van der Waals surface area contributed by atoms with Crippen LogP contribution in [0, 0.1) is 0 Å².